The molecular weight excluding hydrogens is 306 g/mol. The molecule has 1 amide bonds. The van der Waals surface area contributed by atoms with E-state index in [1.807, 2.05) is 37.3 Å². The fraction of sp³-hybridized carbons (Fsp3) is 0.267. The molecule has 0 aliphatic heterocycles. The molecule has 3 nitrogen and oxygen atoms in total. The lowest BCUT2D eigenvalue weighted by Gasteiger charge is -2.16. The highest BCUT2D eigenvalue weighted by atomic mass is 79.9. The molecule has 1 atom stereocenters. The maximum absolute atomic E-state index is 12.2. The van der Waals surface area contributed by atoms with Crippen LogP contribution in [0.2, 0.25) is 0 Å². The quantitative estimate of drug-likeness (QED) is 0.853. The SMILES string of the molecule is CCc1occc1C(=O)NC(CBr)c1ccccc1. The van der Waals surface area contributed by atoms with E-state index in [2.05, 4.69) is 21.2 Å². The first kappa shape index (κ1) is 13.9. The Hall–Kier alpha value is -1.55. The van der Waals surface area contributed by atoms with Crippen molar-refractivity contribution >= 4 is 21.8 Å². The Bertz CT molecular complexity index is 536. The van der Waals surface area contributed by atoms with Crippen LogP contribution in [0, 0.1) is 0 Å². The highest BCUT2D eigenvalue weighted by Crippen LogP contribution is 2.17. The minimum Gasteiger partial charge on any atom is -0.469 e. The van der Waals surface area contributed by atoms with Crippen LogP contribution in [-0.4, -0.2) is 11.2 Å². The first-order valence-electron chi connectivity index (χ1n) is 6.24. The van der Waals surface area contributed by atoms with E-state index in [1.165, 1.54) is 0 Å². The molecular formula is C15H16BrNO2. The molecule has 100 valence electrons. The fourth-order valence-corrected chi connectivity index (χ4v) is 2.48. The minimum absolute atomic E-state index is 0.0479. The summed E-state index contributed by atoms with van der Waals surface area (Å²) in [5, 5.41) is 3.68. The van der Waals surface area contributed by atoms with Gasteiger partial charge in [0.05, 0.1) is 17.9 Å². The van der Waals surface area contributed by atoms with Gasteiger partial charge in [-0.25, -0.2) is 0 Å². The van der Waals surface area contributed by atoms with E-state index in [4.69, 9.17) is 4.42 Å². The summed E-state index contributed by atoms with van der Waals surface area (Å²) in [6.07, 6.45) is 2.26. The van der Waals surface area contributed by atoms with E-state index in [1.54, 1.807) is 12.3 Å². The zero-order chi connectivity index (χ0) is 13.7. The fourth-order valence-electron chi connectivity index (χ4n) is 1.95. The largest absolute Gasteiger partial charge is 0.469 e. The van der Waals surface area contributed by atoms with Crippen LogP contribution >= 0.6 is 15.9 Å². The number of carbonyl (C=O) groups is 1. The number of alkyl halides is 1. The molecule has 0 bridgehead atoms. The molecule has 0 aliphatic carbocycles. The average molecular weight is 322 g/mol. The maximum Gasteiger partial charge on any atom is 0.255 e. The van der Waals surface area contributed by atoms with Gasteiger partial charge in [0.2, 0.25) is 0 Å². The Morgan fingerprint density at radius 3 is 2.68 bits per heavy atom. The molecule has 2 rings (SSSR count). The van der Waals surface area contributed by atoms with Crippen LogP contribution in [0.5, 0.6) is 0 Å². The predicted molar refractivity (Wildman–Crippen MR) is 78.5 cm³/mol. The van der Waals surface area contributed by atoms with Gasteiger partial charge in [-0.2, -0.15) is 0 Å². The number of nitrogens with one attached hydrogen (secondary N) is 1. The number of furan rings is 1. The van der Waals surface area contributed by atoms with Gasteiger partial charge in [-0.3, -0.25) is 4.79 Å². The van der Waals surface area contributed by atoms with E-state index in [0.29, 0.717) is 17.3 Å². The number of benzene rings is 1. The third kappa shape index (κ3) is 3.26. The molecule has 4 heteroatoms. The molecule has 1 aromatic carbocycles. The standard InChI is InChI=1S/C15H16BrNO2/c1-2-14-12(8-9-19-14)15(18)17-13(10-16)11-6-4-3-5-7-11/h3-9,13H,2,10H2,1H3,(H,17,18). The van der Waals surface area contributed by atoms with Crippen molar-refractivity contribution in [1.29, 1.82) is 0 Å². The van der Waals surface area contributed by atoms with Crippen LogP contribution in [0.4, 0.5) is 0 Å². The topological polar surface area (TPSA) is 42.2 Å². The van der Waals surface area contributed by atoms with E-state index in [0.717, 1.165) is 11.3 Å². The molecule has 0 spiro atoms. The highest BCUT2D eigenvalue weighted by Gasteiger charge is 2.18. The average Bonchev–Trinajstić information content (AvgIpc) is 2.94. The lowest BCUT2D eigenvalue weighted by molar-refractivity contribution is 0.0939. The lowest BCUT2D eigenvalue weighted by atomic mass is 10.1. The van der Waals surface area contributed by atoms with Crippen molar-refractivity contribution in [2.45, 2.75) is 19.4 Å². The third-order valence-corrected chi connectivity index (χ3v) is 3.62. The number of carbonyl (C=O) groups excluding carboxylic acids is 1. The van der Waals surface area contributed by atoms with E-state index < -0.39 is 0 Å². The van der Waals surface area contributed by atoms with Crippen molar-refractivity contribution in [3.05, 3.63) is 59.5 Å². The summed E-state index contributed by atoms with van der Waals surface area (Å²) in [4.78, 5) is 12.2. The Kier molecular flexibility index (Phi) is 4.80. The Labute approximate surface area is 121 Å². The number of halogens is 1. The van der Waals surface area contributed by atoms with Crippen molar-refractivity contribution in [3.8, 4) is 0 Å². The van der Waals surface area contributed by atoms with Gasteiger partial charge in [0.1, 0.15) is 5.76 Å². The molecule has 1 N–H and O–H groups in total. The zero-order valence-electron chi connectivity index (χ0n) is 10.7. The summed E-state index contributed by atoms with van der Waals surface area (Å²) >= 11 is 3.44. The Morgan fingerprint density at radius 2 is 2.05 bits per heavy atom. The van der Waals surface area contributed by atoms with Gasteiger partial charge in [-0.15, -0.1) is 0 Å². The molecule has 0 radical (unpaired) electrons. The summed E-state index contributed by atoms with van der Waals surface area (Å²) < 4.78 is 5.28. The molecule has 1 heterocycles. The second kappa shape index (κ2) is 6.57. The molecule has 0 saturated heterocycles. The third-order valence-electron chi connectivity index (χ3n) is 2.97. The van der Waals surface area contributed by atoms with Crippen molar-refractivity contribution in [1.82, 2.24) is 5.32 Å². The predicted octanol–water partition coefficient (Wildman–Crippen LogP) is 3.71. The summed E-state index contributed by atoms with van der Waals surface area (Å²) in [6, 6.07) is 11.6. The van der Waals surface area contributed by atoms with Gasteiger partial charge in [0.25, 0.3) is 5.91 Å². The van der Waals surface area contributed by atoms with Crippen molar-refractivity contribution in [2.24, 2.45) is 0 Å². The number of hydrogen-bond acceptors (Lipinski definition) is 2. The van der Waals surface area contributed by atoms with Gasteiger partial charge in [0.15, 0.2) is 0 Å². The number of aryl methyl sites for hydroxylation is 1. The summed E-state index contributed by atoms with van der Waals surface area (Å²) in [7, 11) is 0. The first-order chi connectivity index (χ1) is 9.26. The Balaban J connectivity index is 2.13. The summed E-state index contributed by atoms with van der Waals surface area (Å²) in [6.45, 7) is 1.97. The summed E-state index contributed by atoms with van der Waals surface area (Å²) in [5.41, 5.74) is 1.69. The van der Waals surface area contributed by atoms with Gasteiger partial charge >= 0.3 is 0 Å². The molecule has 19 heavy (non-hydrogen) atoms. The first-order valence-corrected chi connectivity index (χ1v) is 7.36. The second-order valence-corrected chi connectivity index (χ2v) is 4.85. The molecule has 1 aromatic heterocycles. The monoisotopic (exact) mass is 321 g/mol. The van der Waals surface area contributed by atoms with Crippen LogP contribution < -0.4 is 5.32 Å². The van der Waals surface area contributed by atoms with Crippen LogP contribution in [0.1, 0.15) is 34.6 Å². The van der Waals surface area contributed by atoms with E-state index in [9.17, 15) is 4.79 Å². The van der Waals surface area contributed by atoms with Crippen molar-refractivity contribution in [3.63, 3.8) is 0 Å². The lowest BCUT2D eigenvalue weighted by Crippen LogP contribution is -2.29. The van der Waals surface area contributed by atoms with E-state index in [-0.39, 0.29) is 11.9 Å². The summed E-state index contributed by atoms with van der Waals surface area (Å²) in [5.74, 6) is 0.623. The van der Waals surface area contributed by atoms with Crippen LogP contribution in [0.25, 0.3) is 0 Å². The van der Waals surface area contributed by atoms with Crippen LogP contribution in [-0.2, 0) is 6.42 Å². The normalized spacial score (nSPS) is 12.1. The number of rotatable bonds is 5. The minimum atomic E-state index is -0.0982. The second-order valence-electron chi connectivity index (χ2n) is 4.20. The van der Waals surface area contributed by atoms with Crippen molar-refractivity contribution < 1.29 is 9.21 Å². The molecule has 1 unspecified atom stereocenters. The maximum atomic E-state index is 12.2. The highest BCUT2D eigenvalue weighted by molar-refractivity contribution is 9.09. The Morgan fingerprint density at radius 1 is 1.32 bits per heavy atom. The molecule has 0 saturated carbocycles. The van der Waals surface area contributed by atoms with Crippen molar-refractivity contribution in [2.75, 3.05) is 5.33 Å². The van der Waals surface area contributed by atoms with Crippen LogP contribution in [0.3, 0.4) is 0 Å². The number of amides is 1. The van der Waals surface area contributed by atoms with Gasteiger partial charge in [-0.05, 0) is 11.6 Å². The molecule has 0 fully saturated rings. The smallest absolute Gasteiger partial charge is 0.255 e. The zero-order valence-corrected chi connectivity index (χ0v) is 12.3. The molecule has 2 aromatic rings. The van der Waals surface area contributed by atoms with Gasteiger partial charge in [0, 0.05) is 11.8 Å². The van der Waals surface area contributed by atoms with E-state index >= 15 is 0 Å². The van der Waals surface area contributed by atoms with Gasteiger partial charge < -0.3 is 9.73 Å². The van der Waals surface area contributed by atoms with Crippen LogP contribution in [0.15, 0.2) is 47.1 Å². The molecule has 0 aliphatic rings. The number of hydrogen-bond donors (Lipinski definition) is 1. The van der Waals surface area contributed by atoms with Gasteiger partial charge in [-0.1, -0.05) is 53.2 Å².